The van der Waals surface area contributed by atoms with Crippen LogP contribution in [-0.2, 0) is 5.54 Å². The zero-order valence-corrected chi connectivity index (χ0v) is 10.0. The van der Waals surface area contributed by atoms with Crippen LogP contribution >= 0.6 is 0 Å². The van der Waals surface area contributed by atoms with Crippen molar-refractivity contribution in [2.75, 3.05) is 11.9 Å². The largest absolute Gasteiger partial charge is 0.476 e. The van der Waals surface area contributed by atoms with Gasteiger partial charge in [-0.05, 0) is 25.0 Å². The van der Waals surface area contributed by atoms with Crippen molar-refractivity contribution >= 4 is 11.8 Å². The van der Waals surface area contributed by atoms with Crippen LogP contribution in [0.15, 0.2) is 24.5 Å². The lowest BCUT2D eigenvalue weighted by molar-refractivity contribution is 0.0689. The van der Waals surface area contributed by atoms with Crippen molar-refractivity contribution in [2.45, 2.75) is 18.4 Å². The fourth-order valence-corrected chi connectivity index (χ4v) is 1.85. The molecule has 0 aliphatic heterocycles. The summed E-state index contributed by atoms with van der Waals surface area (Å²) in [6, 6.07) is 3.02. The summed E-state index contributed by atoms with van der Waals surface area (Å²) in [6.45, 7) is 0.642. The van der Waals surface area contributed by atoms with E-state index in [1.165, 1.54) is 6.07 Å². The van der Waals surface area contributed by atoms with Crippen molar-refractivity contribution in [3.8, 4) is 0 Å². The Morgan fingerprint density at radius 2 is 2.05 bits per heavy atom. The molecule has 0 atom stereocenters. The van der Waals surface area contributed by atoms with Gasteiger partial charge in [0.15, 0.2) is 5.69 Å². The Balaban J connectivity index is 1.65. The van der Waals surface area contributed by atoms with E-state index in [2.05, 4.69) is 25.7 Å². The number of carbonyl (C=O) groups is 1. The molecule has 3 rings (SSSR count). The highest BCUT2D eigenvalue weighted by Gasteiger charge is 2.46. The average Bonchev–Trinajstić information content (AvgIpc) is 3.00. The third-order valence-corrected chi connectivity index (χ3v) is 3.15. The zero-order valence-electron chi connectivity index (χ0n) is 10.0. The van der Waals surface area contributed by atoms with E-state index in [0.29, 0.717) is 12.4 Å². The number of carboxylic acids is 1. The number of aromatic nitrogens is 5. The molecule has 1 aliphatic carbocycles. The van der Waals surface area contributed by atoms with Gasteiger partial charge in [-0.15, -0.1) is 10.2 Å². The predicted octanol–water partition coefficient (Wildman–Crippen LogP) is 0.367. The molecule has 0 saturated heterocycles. The summed E-state index contributed by atoms with van der Waals surface area (Å²) in [7, 11) is 0. The van der Waals surface area contributed by atoms with Crippen molar-refractivity contribution in [3.63, 3.8) is 0 Å². The molecular weight excluding hydrogens is 248 g/mol. The van der Waals surface area contributed by atoms with Crippen LogP contribution < -0.4 is 5.32 Å². The molecule has 0 amide bonds. The van der Waals surface area contributed by atoms with Crippen molar-refractivity contribution < 1.29 is 9.90 Å². The molecule has 1 saturated carbocycles. The van der Waals surface area contributed by atoms with Crippen LogP contribution in [-0.4, -0.2) is 42.8 Å². The van der Waals surface area contributed by atoms with E-state index in [1.54, 1.807) is 23.3 Å². The molecule has 2 heterocycles. The third kappa shape index (κ3) is 2.24. The summed E-state index contributed by atoms with van der Waals surface area (Å²) in [5.41, 5.74) is -0.156. The van der Waals surface area contributed by atoms with Gasteiger partial charge in [0, 0.05) is 6.54 Å². The second-order valence-electron chi connectivity index (χ2n) is 4.51. The van der Waals surface area contributed by atoms with Crippen LogP contribution in [0.2, 0.25) is 0 Å². The van der Waals surface area contributed by atoms with Gasteiger partial charge in [-0.3, -0.25) is 0 Å². The Morgan fingerprint density at radius 1 is 1.32 bits per heavy atom. The number of carboxylic acid groups (broad SMARTS) is 1. The second kappa shape index (κ2) is 4.30. The topological polar surface area (TPSA) is 106 Å². The highest BCUT2D eigenvalue weighted by Crippen LogP contribution is 2.42. The minimum absolute atomic E-state index is 0.0690. The maximum Gasteiger partial charge on any atom is 0.356 e. The van der Waals surface area contributed by atoms with E-state index < -0.39 is 5.97 Å². The van der Waals surface area contributed by atoms with E-state index in [-0.39, 0.29) is 11.2 Å². The van der Waals surface area contributed by atoms with Gasteiger partial charge >= 0.3 is 5.97 Å². The molecule has 0 radical (unpaired) electrons. The molecule has 0 spiro atoms. The normalized spacial score (nSPS) is 16.0. The molecule has 1 aliphatic rings. The molecule has 1 fully saturated rings. The van der Waals surface area contributed by atoms with Gasteiger partial charge in [-0.1, -0.05) is 0 Å². The van der Waals surface area contributed by atoms with Gasteiger partial charge in [0.1, 0.15) is 5.82 Å². The number of nitrogens with zero attached hydrogens (tertiary/aromatic N) is 5. The summed E-state index contributed by atoms with van der Waals surface area (Å²) in [6.07, 6.45) is 5.33. The Hall–Kier alpha value is -2.51. The van der Waals surface area contributed by atoms with E-state index in [9.17, 15) is 4.79 Å². The number of nitrogens with one attached hydrogen (secondary N) is 1. The molecule has 0 aromatic carbocycles. The molecule has 8 nitrogen and oxygen atoms in total. The first-order valence-electron chi connectivity index (χ1n) is 5.87. The van der Waals surface area contributed by atoms with Gasteiger partial charge < -0.3 is 10.4 Å². The first kappa shape index (κ1) is 11.6. The van der Waals surface area contributed by atoms with Gasteiger partial charge in [0.05, 0.1) is 17.9 Å². The quantitative estimate of drug-likeness (QED) is 0.799. The molecule has 2 aromatic heterocycles. The van der Waals surface area contributed by atoms with E-state index >= 15 is 0 Å². The van der Waals surface area contributed by atoms with Crippen LogP contribution in [0.1, 0.15) is 23.3 Å². The standard InChI is InChI=1S/C11H12N6O2/c18-10(19)8-1-2-9(16-15-8)12-7-11(3-4-11)17-13-5-6-14-17/h1-2,5-6H,3-4,7H2,(H,12,16)(H,18,19). The molecule has 98 valence electrons. The van der Waals surface area contributed by atoms with Gasteiger partial charge in [-0.2, -0.15) is 15.0 Å². The molecule has 19 heavy (non-hydrogen) atoms. The van der Waals surface area contributed by atoms with Crippen molar-refractivity contribution in [1.29, 1.82) is 0 Å². The zero-order chi connectivity index (χ0) is 13.3. The average molecular weight is 260 g/mol. The first-order chi connectivity index (χ1) is 9.20. The number of aromatic carboxylic acids is 1. The smallest absolute Gasteiger partial charge is 0.356 e. The van der Waals surface area contributed by atoms with Crippen LogP contribution in [0.4, 0.5) is 5.82 Å². The van der Waals surface area contributed by atoms with Crippen LogP contribution in [0, 0.1) is 0 Å². The third-order valence-electron chi connectivity index (χ3n) is 3.15. The summed E-state index contributed by atoms with van der Waals surface area (Å²) >= 11 is 0. The Kier molecular flexibility index (Phi) is 2.62. The fourth-order valence-electron chi connectivity index (χ4n) is 1.85. The number of anilines is 1. The lowest BCUT2D eigenvalue weighted by Crippen LogP contribution is -2.29. The van der Waals surface area contributed by atoms with Crippen LogP contribution in [0.25, 0.3) is 0 Å². The molecule has 0 unspecified atom stereocenters. The number of hydrogen-bond acceptors (Lipinski definition) is 6. The van der Waals surface area contributed by atoms with Gasteiger partial charge in [0.2, 0.25) is 0 Å². The van der Waals surface area contributed by atoms with E-state index in [4.69, 9.17) is 5.11 Å². The predicted molar refractivity (Wildman–Crippen MR) is 64.7 cm³/mol. The maximum atomic E-state index is 10.7. The number of hydrogen-bond donors (Lipinski definition) is 2. The van der Waals surface area contributed by atoms with Crippen LogP contribution in [0.3, 0.4) is 0 Å². The summed E-state index contributed by atoms with van der Waals surface area (Å²) in [4.78, 5) is 12.4. The van der Waals surface area contributed by atoms with Crippen LogP contribution in [0.5, 0.6) is 0 Å². The maximum absolute atomic E-state index is 10.7. The Labute approximate surface area is 108 Å². The first-order valence-corrected chi connectivity index (χ1v) is 5.87. The lowest BCUT2D eigenvalue weighted by atomic mass is 10.3. The molecular formula is C11H12N6O2. The summed E-state index contributed by atoms with van der Waals surface area (Å²) < 4.78 is 0. The minimum atomic E-state index is -1.08. The highest BCUT2D eigenvalue weighted by atomic mass is 16.4. The van der Waals surface area contributed by atoms with Crippen molar-refractivity contribution in [1.82, 2.24) is 25.2 Å². The van der Waals surface area contributed by atoms with Gasteiger partial charge in [0.25, 0.3) is 0 Å². The lowest BCUT2D eigenvalue weighted by Gasteiger charge is -2.15. The highest BCUT2D eigenvalue weighted by molar-refractivity contribution is 5.85. The monoisotopic (exact) mass is 260 g/mol. The SMILES string of the molecule is O=C(O)c1ccc(NCC2(n3nccn3)CC2)nn1. The Bertz CT molecular complexity index is 576. The van der Waals surface area contributed by atoms with Crippen molar-refractivity contribution in [3.05, 3.63) is 30.2 Å². The van der Waals surface area contributed by atoms with E-state index in [0.717, 1.165) is 12.8 Å². The number of rotatable bonds is 5. The molecule has 2 aromatic rings. The molecule has 0 bridgehead atoms. The summed E-state index contributed by atoms with van der Waals surface area (Å²) in [5.74, 6) is -0.540. The minimum Gasteiger partial charge on any atom is -0.476 e. The van der Waals surface area contributed by atoms with E-state index in [1.807, 2.05) is 0 Å². The molecule has 8 heteroatoms. The molecule has 2 N–H and O–H groups in total. The second-order valence-corrected chi connectivity index (χ2v) is 4.51. The fraction of sp³-hybridized carbons (Fsp3) is 0.364. The Morgan fingerprint density at radius 3 is 2.58 bits per heavy atom. The summed E-state index contributed by atoms with van der Waals surface area (Å²) in [5, 5.41) is 27.6. The van der Waals surface area contributed by atoms with Gasteiger partial charge in [-0.25, -0.2) is 4.79 Å². The van der Waals surface area contributed by atoms with Crippen molar-refractivity contribution in [2.24, 2.45) is 0 Å².